The Morgan fingerprint density at radius 3 is 2.72 bits per heavy atom. The summed E-state index contributed by atoms with van der Waals surface area (Å²) in [6.07, 6.45) is 1.67. The predicted octanol–water partition coefficient (Wildman–Crippen LogP) is 2.59. The molecule has 7 heteroatoms. The molecule has 104 valence electrons. The van der Waals surface area contributed by atoms with E-state index in [4.69, 9.17) is 4.42 Å². The molecule has 0 saturated heterocycles. The van der Waals surface area contributed by atoms with Gasteiger partial charge < -0.3 is 9.73 Å². The number of nitrogens with one attached hydrogen (secondary N) is 1. The van der Waals surface area contributed by atoms with Gasteiger partial charge in [0.1, 0.15) is 11.5 Å². The minimum Gasteiger partial charge on any atom is -0.464 e. The van der Waals surface area contributed by atoms with E-state index in [1.165, 1.54) is 0 Å². The fourth-order valence-corrected chi connectivity index (χ4v) is 2.05. The van der Waals surface area contributed by atoms with E-state index >= 15 is 0 Å². The minimum absolute atomic E-state index is 0.0776. The van der Waals surface area contributed by atoms with E-state index in [2.05, 4.69) is 5.32 Å². The Labute approximate surface area is 112 Å². The first-order valence-electron chi connectivity index (χ1n) is 5.49. The second-order valence-corrected chi connectivity index (χ2v) is 6.66. The largest absolute Gasteiger partial charge is 0.464 e. The molecular weight excluding hydrogens is 280 g/mol. The van der Waals surface area contributed by atoms with Crippen LogP contribution in [0.15, 0.2) is 16.5 Å². The summed E-state index contributed by atoms with van der Waals surface area (Å²) in [5, 5.41) is 3.20. The second-order valence-electron chi connectivity index (χ2n) is 3.88. The number of rotatable bonds is 8. The summed E-state index contributed by atoms with van der Waals surface area (Å²) in [7, 11) is -0.851. The van der Waals surface area contributed by atoms with Crippen molar-refractivity contribution >= 4 is 22.6 Å². The summed E-state index contributed by atoms with van der Waals surface area (Å²) in [6, 6.07) is 3.47. The second kappa shape index (κ2) is 7.91. The Morgan fingerprint density at radius 1 is 1.44 bits per heavy atom. The van der Waals surface area contributed by atoms with Crippen LogP contribution < -0.4 is 5.32 Å². The maximum absolute atomic E-state index is 12.0. The first-order valence-corrected chi connectivity index (χ1v) is 8.16. The van der Waals surface area contributed by atoms with E-state index in [1.54, 1.807) is 18.4 Å². The lowest BCUT2D eigenvalue weighted by Gasteiger charge is -2.08. The van der Waals surface area contributed by atoms with Crippen molar-refractivity contribution in [2.75, 3.05) is 12.8 Å². The number of hydrogen-bond donors (Lipinski definition) is 1. The van der Waals surface area contributed by atoms with E-state index in [0.717, 1.165) is 0 Å². The summed E-state index contributed by atoms with van der Waals surface area (Å²) in [6.45, 7) is 3.04. The van der Waals surface area contributed by atoms with Crippen LogP contribution in [0, 0.1) is 0 Å². The molecule has 18 heavy (non-hydrogen) atoms. The molecule has 1 aromatic heterocycles. The molecule has 0 spiro atoms. The standard InChI is InChI=1S/C11H17F2NO2S2/c1-8(18(2)15)5-14-6-9-3-4-10(16-9)7-17-11(12)13/h3-4,8,11,14H,5-7H2,1-2H3. The van der Waals surface area contributed by atoms with Gasteiger partial charge in [0, 0.05) is 28.9 Å². The number of furan rings is 1. The molecule has 0 amide bonds. The van der Waals surface area contributed by atoms with E-state index < -0.39 is 16.6 Å². The zero-order valence-corrected chi connectivity index (χ0v) is 12.0. The minimum atomic E-state index is -2.38. The molecule has 0 aliphatic heterocycles. The van der Waals surface area contributed by atoms with Crippen LogP contribution in [0.4, 0.5) is 8.78 Å². The average Bonchev–Trinajstić information content (AvgIpc) is 2.74. The van der Waals surface area contributed by atoms with Gasteiger partial charge >= 0.3 is 0 Å². The molecule has 2 atom stereocenters. The summed E-state index contributed by atoms with van der Waals surface area (Å²) in [5.41, 5.74) is 0. The van der Waals surface area contributed by atoms with E-state index in [-0.39, 0.29) is 11.0 Å². The summed E-state index contributed by atoms with van der Waals surface area (Å²) >= 11 is 0.543. The number of halogens is 2. The van der Waals surface area contributed by atoms with Crippen molar-refractivity contribution in [3.63, 3.8) is 0 Å². The number of hydrogen-bond acceptors (Lipinski definition) is 4. The highest BCUT2D eigenvalue weighted by molar-refractivity contribution is 7.98. The third kappa shape index (κ3) is 5.97. The average molecular weight is 297 g/mol. The van der Waals surface area contributed by atoms with Gasteiger partial charge in [0.2, 0.25) is 0 Å². The molecule has 1 aromatic rings. The van der Waals surface area contributed by atoms with Gasteiger partial charge in [-0.25, -0.2) is 0 Å². The molecule has 1 heterocycles. The summed E-state index contributed by atoms with van der Waals surface area (Å²) in [4.78, 5) is 0. The van der Waals surface area contributed by atoms with Gasteiger partial charge in [-0.05, 0) is 19.1 Å². The first-order chi connectivity index (χ1) is 8.49. The smallest absolute Gasteiger partial charge is 0.284 e. The van der Waals surface area contributed by atoms with Crippen LogP contribution >= 0.6 is 11.8 Å². The van der Waals surface area contributed by atoms with Crippen molar-refractivity contribution in [1.29, 1.82) is 0 Å². The topological polar surface area (TPSA) is 42.2 Å². The Balaban J connectivity index is 2.29. The third-order valence-corrected chi connectivity index (χ3v) is 4.37. The van der Waals surface area contributed by atoms with Crippen LogP contribution in [0.2, 0.25) is 0 Å². The van der Waals surface area contributed by atoms with Crippen LogP contribution in [-0.4, -0.2) is 28.0 Å². The van der Waals surface area contributed by atoms with Gasteiger partial charge in [0.15, 0.2) is 0 Å². The summed E-state index contributed by atoms with van der Waals surface area (Å²) in [5.74, 6) is -0.956. The number of alkyl halides is 2. The molecule has 3 nitrogen and oxygen atoms in total. The van der Waals surface area contributed by atoms with Crippen molar-refractivity contribution < 1.29 is 17.4 Å². The lowest BCUT2D eigenvalue weighted by molar-refractivity contribution is 0.251. The third-order valence-electron chi connectivity index (χ3n) is 2.37. The normalized spacial score (nSPS) is 14.9. The van der Waals surface area contributed by atoms with Crippen molar-refractivity contribution in [3.05, 3.63) is 23.7 Å². The maximum Gasteiger partial charge on any atom is 0.284 e. The van der Waals surface area contributed by atoms with Crippen LogP contribution in [0.1, 0.15) is 18.4 Å². The van der Waals surface area contributed by atoms with Gasteiger partial charge in [0.25, 0.3) is 5.76 Å². The van der Waals surface area contributed by atoms with Gasteiger partial charge in [0.05, 0.1) is 12.3 Å². The van der Waals surface area contributed by atoms with Gasteiger partial charge in [-0.2, -0.15) is 8.78 Å². The monoisotopic (exact) mass is 297 g/mol. The highest BCUT2D eigenvalue weighted by Gasteiger charge is 2.08. The molecule has 0 fully saturated rings. The first kappa shape index (κ1) is 15.7. The molecule has 0 aromatic carbocycles. The van der Waals surface area contributed by atoms with Gasteiger partial charge in [-0.15, -0.1) is 0 Å². The predicted molar refractivity (Wildman–Crippen MR) is 71.2 cm³/mol. The van der Waals surface area contributed by atoms with Crippen LogP contribution in [0.3, 0.4) is 0 Å². The molecule has 2 unspecified atom stereocenters. The molecule has 1 N–H and O–H groups in total. The highest BCUT2D eigenvalue weighted by atomic mass is 32.2. The molecule has 0 saturated carbocycles. The lowest BCUT2D eigenvalue weighted by Crippen LogP contribution is -2.26. The molecule has 0 bridgehead atoms. The van der Waals surface area contributed by atoms with Crippen LogP contribution in [0.25, 0.3) is 0 Å². The summed E-state index contributed by atoms with van der Waals surface area (Å²) < 4.78 is 40.4. The Kier molecular flexibility index (Phi) is 6.88. The molecular formula is C11H17F2NO2S2. The Bertz CT molecular complexity index is 385. The van der Waals surface area contributed by atoms with E-state index in [0.29, 0.717) is 36.4 Å². The number of thioether (sulfide) groups is 1. The zero-order valence-electron chi connectivity index (χ0n) is 10.3. The Hall–Kier alpha value is -0.400. The molecule has 0 radical (unpaired) electrons. The molecule has 0 aliphatic rings. The lowest BCUT2D eigenvalue weighted by atomic mass is 10.4. The molecule has 1 rings (SSSR count). The quantitative estimate of drug-likeness (QED) is 0.801. The fraction of sp³-hybridized carbons (Fsp3) is 0.636. The zero-order chi connectivity index (χ0) is 13.5. The highest BCUT2D eigenvalue weighted by Crippen LogP contribution is 2.21. The van der Waals surface area contributed by atoms with Gasteiger partial charge in [-0.1, -0.05) is 11.8 Å². The SMILES string of the molecule is CC(CNCc1ccc(CSC(F)F)o1)S(C)=O. The van der Waals surface area contributed by atoms with Crippen LogP contribution in [-0.2, 0) is 23.1 Å². The van der Waals surface area contributed by atoms with Crippen molar-refractivity contribution in [3.8, 4) is 0 Å². The van der Waals surface area contributed by atoms with Crippen molar-refractivity contribution in [2.45, 2.75) is 30.2 Å². The Morgan fingerprint density at radius 2 is 2.11 bits per heavy atom. The van der Waals surface area contributed by atoms with E-state index in [1.807, 2.05) is 6.92 Å². The van der Waals surface area contributed by atoms with Crippen molar-refractivity contribution in [1.82, 2.24) is 5.32 Å². The molecule has 0 aliphatic carbocycles. The van der Waals surface area contributed by atoms with Gasteiger partial charge in [-0.3, -0.25) is 4.21 Å². The fourth-order valence-electron chi connectivity index (χ4n) is 1.26. The van der Waals surface area contributed by atoms with E-state index in [9.17, 15) is 13.0 Å². The maximum atomic E-state index is 12.0. The van der Waals surface area contributed by atoms with Crippen molar-refractivity contribution in [2.24, 2.45) is 0 Å². The van der Waals surface area contributed by atoms with Crippen LogP contribution in [0.5, 0.6) is 0 Å².